The van der Waals surface area contributed by atoms with E-state index >= 15 is 0 Å². The fraction of sp³-hybridized carbons (Fsp3) is 0.333. The van der Waals surface area contributed by atoms with Crippen LogP contribution in [0.25, 0.3) is 0 Å². The van der Waals surface area contributed by atoms with Gasteiger partial charge in [-0.05, 0) is 44.0 Å². The van der Waals surface area contributed by atoms with Gasteiger partial charge in [0.1, 0.15) is 17.4 Å². The topological polar surface area (TPSA) is 61.0 Å². The highest BCUT2D eigenvalue weighted by molar-refractivity contribution is 5.46. The van der Waals surface area contributed by atoms with Gasteiger partial charge in [-0.25, -0.2) is 4.98 Å². The maximum Gasteiger partial charge on any atom is 0.227 e. The molecule has 4 nitrogen and oxygen atoms in total. The molecule has 0 radical (unpaired) electrons. The zero-order valence-corrected chi connectivity index (χ0v) is 11.8. The summed E-state index contributed by atoms with van der Waals surface area (Å²) < 4.78 is 5.84. The summed E-state index contributed by atoms with van der Waals surface area (Å²) in [6.45, 7) is 7.98. The summed E-state index contributed by atoms with van der Waals surface area (Å²) >= 11 is 0. The number of hydrogen-bond donors (Lipinski definition) is 1. The Kier molecular flexibility index (Phi) is 3.69. The molecule has 1 aromatic heterocycles. The lowest BCUT2D eigenvalue weighted by molar-refractivity contribution is 0.454. The van der Waals surface area contributed by atoms with Crippen molar-refractivity contribution in [3.8, 4) is 11.6 Å². The Labute approximate surface area is 113 Å². The number of benzene rings is 1. The molecule has 2 N–H and O–H groups in total. The standard InChI is InChI=1S/C15H19N3O/c1-5-13-17-14(16)11(4)15(18-13)19-12-7-6-9(2)10(3)8-12/h6-8H,5H2,1-4H3,(H2,16,17,18). The maximum atomic E-state index is 5.87. The molecule has 1 heterocycles. The van der Waals surface area contributed by atoms with Crippen LogP contribution in [0.4, 0.5) is 5.82 Å². The summed E-state index contributed by atoms with van der Waals surface area (Å²) in [5, 5.41) is 0. The molecule has 0 unspecified atom stereocenters. The normalized spacial score (nSPS) is 10.5. The Morgan fingerprint density at radius 3 is 2.47 bits per heavy atom. The zero-order valence-electron chi connectivity index (χ0n) is 11.8. The summed E-state index contributed by atoms with van der Waals surface area (Å²) in [6, 6.07) is 5.97. The van der Waals surface area contributed by atoms with E-state index in [0.29, 0.717) is 17.5 Å². The molecule has 0 saturated carbocycles. The van der Waals surface area contributed by atoms with Crippen molar-refractivity contribution in [2.45, 2.75) is 34.1 Å². The Hall–Kier alpha value is -2.10. The number of rotatable bonds is 3. The second-order valence-corrected chi connectivity index (χ2v) is 4.66. The van der Waals surface area contributed by atoms with Crippen molar-refractivity contribution in [3.05, 3.63) is 40.7 Å². The number of nitrogens with two attached hydrogens (primary N) is 1. The number of nitrogens with zero attached hydrogens (tertiary/aromatic N) is 2. The molecule has 0 fully saturated rings. The average molecular weight is 257 g/mol. The Morgan fingerprint density at radius 1 is 1.11 bits per heavy atom. The molecule has 4 heteroatoms. The molecule has 0 bridgehead atoms. The largest absolute Gasteiger partial charge is 0.439 e. The van der Waals surface area contributed by atoms with Gasteiger partial charge in [0, 0.05) is 6.42 Å². The number of ether oxygens (including phenoxy) is 1. The van der Waals surface area contributed by atoms with Crippen molar-refractivity contribution in [2.75, 3.05) is 5.73 Å². The van der Waals surface area contributed by atoms with Gasteiger partial charge in [0.15, 0.2) is 0 Å². The molecule has 100 valence electrons. The van der Waals surface area contributed by atoms with Gasteiger partial charge in [-0.15, -0.1) is 0 Å². The monoisotopic (exact) mass is 257 g/mol. The molecule has 0 atom stereocenters. The Bertz CT molecular complexity index is 609. The molecule has 0 aliphatic rings. The quantitative estimate of drug-likeness (QED) is 0.916. The van der Waals surface area contributed by atoms with Crippen LogP contribution in [0.5, 0.6) is 11.6 Å². The highest BCUT2D eigenvalue weighted by atomic mass is 16.5. The van der Waals surface area contributed by atoms with Gasteiger partial charge in [-0.3, -0.25) is 0 Å². The highest BCUT2D eigenvalue weighted by Gasteiger charge is 2.10. The molecule has 1 aromatic carbocycles. The molecule has 0 amide bonds. The van der Waals surface area contributed by atoms with Gasteiger partial charge in [-0.2, -0.15) is 4.98 Å². The van der Waals surface area contributed by atoms with Gasteiger partial charge in [0.05, 0.1) is 5.56 Å². The molecule has 0 saturated heterocycles. The lowest BCUT2D eigenvalue weighted by atomic mass is 10.1. The van der Waals surface area contributed by atoms with Crippen LogP contribution in [0, 0.1) is 20.8 Å². The van der Waals surface area contributed by atoms with Crippen molar-refractivity contribution in [2.24, 2.45) is 0 Å². The number of aromatic nitrogens is 2. The Balaban J connectivity index is 2.37. The van der Waals surface area contributed by atoms with Crippen LogP contribution in [0.3, 0.4) is 0 Å². The van der Waals surface area contributed by atoms with E-state index in [0.717, 1.165) is 17.7 Å². The van der Waals surface area contributed by atoms with Gasteiger partial charge in [0.2, 0.25) is 5.88 Å². The molecule has 0 spiro atoms. The first-order valence-corrected chi connectivity index (χ1v) is 6.39. The molecule has 19 heavy (non-hydrogen) atoms. The van der Waals surface area contributed by atoms with Gasteiger partial charge in [0.25, 0.3) is 0 Å². The van der Waals surface area contributed by atoms with Crippen LogP contribution < -0.4 is 10.5 Å². The number of aryl methyl sites for hydroxylation is 3. The van der Waals surface area contributed by atoms with E-state index < -0.39 is 0 Å². The van der Waals surface area contributed by atoms with Crippen LogP contribution in [0.2, 0.25) is 0 Å². The van der Waals surface area contributed by atoms with Crippen LogP contribution >= 0.6 is 0 Å². The first-order valence-electron chi connectivity index (χ1n) is 6.39. The van der Waals surface area contributed by atoms with Gasteiger partial charge >= 0.3 is 0 Å². The second kappa shape index (κ2) is 5.26. The third kappa shape index (κ3) is 2.84. The molecular weight excluding hydrogens is 238 g/mol. The molecular formula is C15H19N3O. The predicted octanol–water partition coefficient (Wildman–Crippen LogP) is 3.34. The smallest absolute Gasteiger partial charge is 0.227 e. The van der Waals surface area contributed by atoms with Crippen LogP contribution in [0.1, 0.15) is 29.4 Å². The van der Waals surface area contributed by atoms with Crippen LogP contribution in [0.15, 0.2) is 18.2 Å². The second-order valence-electron chi connectivity index (χ2n) is 4.66. The summed E-state index contributed by atoms with van der Waals surface area (Å²) in [7, 11) is 0. The van der Waals surface area contributed by atoms with Gasteiger partial charge in [-0.1, -0.05) is 13.0 Å². The van der Waals surface area contributed by atoms with E-state index in [1.807, 2.05) is 32.0 Å². The summed E-state index contributed by atoms with van der Waals surface area (Å²) in [5.41, 5.74) is 9.07. The zero-order chi connectivity index (χ0) is 14.0. The molecule has 0 aliphatic carbocycles. The summed E-state index contributed by atoms with van der Waals surface area (Å²) in [4.78, 5) is 8.60. The minimum Gasteiger partial charge on any atom is -0.439 e. The fourth-order valence-electron chi connectivity index (χ4n) is 1.71. The van der Waals surface area contributed by atoms with Crippen molar-refractivity contribution < 1.29 is 4.74 Å². The fourth-order valence-corrected chi connectivity index (χ4v) is 1.71. The maximum absolute atomic E-state index is 5.87. The van der Waals surface area contributed by atoms with E-state index in [4.69, 9.17) is 10.5 Å². The lowest BCUT2D eigenvalue weighted by Crippen LogP contribution is -2.04. The third-order valence-corrected chi connectivity index (χ3v) is 3.19. The van der Waals surface area contributed by atoms with Crippen molar-refractivity contribution in [3.63, 3.8) is 0 Å². The van der Waals surface area contributed by atoms with E-state index in [9.17, 15) is 0 Å². The van der Waals surface area contributed by atoms with Crippen molar-refractivity contribution in [1.82, 2.24) is 9.97 Å². The van der Waals surface area contributed by atoms with Crippen molar-refractivity contribution in [1.29, 1.82) is 0 Å². The van der Waals surface area contributed by atoms with E-state index in [2.05, 4.69) is 23.8 Å². The molecule has 2 aromatic rings. The predicted molar refractivity (Wildman–Crippen MR) is 76.5 cm³/mol. The SMILES string of the molecule is CCc1nc(N)c(C)c(Oc2ccc(C)c(C)c2)n1. The number of nitrogen functional groups attached to an aromatic ring is 1. The summed E-state index contributed by atoms with van der Waals surface area (Å²) in [6.07, 6.45) is 0.730. The van der Waals surface area contributed by atoms with E-state index in [1.165, 1.54) is 11.1 Å². The van der Waals surface area contributed by atoms with E-state index in [-0.39, 0.29) is 0 Å². The van der Waals surface area contributed by atoms with Crippen LogP contribution in [-0.2, 0) is 6.42 Å². The molecule has 0 aliphatic heterocycles. The first-order chi connectivity index (χ1) is 9.01. The minimum atomic E-state index is 0.477. The minimum absolute atomic E-state index is 0.477. The van der Waals surface area contributed by atoms with Crippen molar-refractivity contribution >= 4 is 5.82 Å². The average Bonchev–Trinajstić information content (AvgIpc) is 2.39. The van der Waals surface area contributed by atoms with E-state index in [1.54, 1.807) is 0 Å². The Morgan fingerprint density at radius 2 is 1.84 bits per heavy atom. The summed E-state index contributed by atoms with van der Waals surface area (Å²) in [5.74, 6) is 2.48. The number of hydrogen-bond acceptors (Lipinski definition) is 4. The highest BCUT2D eigenvalue weighted by Crippen LogP contribution is 2.27. The number of anilines is 1. The van der Waals surface area contributed by atoms with Crippen LogP contribution in [-0.4, -0.2) is 9.97 Å². The first kappa shape index (κ1) is 13.3. The lowest BCUT2D eigenvalue weighted by Gasteiger charge is -2.11. The third-order valence-electron chi connectivity index (χ3n) is 3.19. The van der Waals surface area contributed by atoms with Gasteiger partial charge < -0.3 is 10.5 Å². The molecule has 2 rings (SSSR count).